The fraction of sp³-hybridized carbons (Fsp3) is 0.667. The molecule has 6 heteroatoms. The van der Waals surface area contributed by atoms with Crippen molar-refractivity contribution in [3.05, 3.63) is 17.9 Å². The minimum atomic E-state index is -3.46. The molecule has 0 unspecified atom stereocenters. The number of hydrogen-bond acceptors (Lipinski definition) is 4. The Kier molecular flexibility index (Phi) is 4.42. The molecule has 1 aromatic rings. The van der Waals surface area contributed by atoms with Crippen molar-refractivity contribution in [2.24, 2.45) is 5.92 Å². The molecule has 2 N–H and O–H groups in total. The zero-order chi connectivity index (χ0) is 13.0. The third-order valence-corrected chi connectivity index (χ3v) is 4.71. The first-order valence-electron chi connectivity index (χ1n) is 6.35. The molecule has 1 fully saturated rings. The van der Waals surface area contributed by atoms with Gasteiger partial charge in [-0.15, -0.1) is 0 Å². The minimum absolute atomic E-state index is 0.0270. The van der Waals surface area contributed by atoms with Crippen molar-refractivity contribution in [2.45, 2.75) is 37.3 Å². The molecule has 1 heterocycles. The minimum Gasteiger partial charge on any atom is -0.447 e. The molecule has 1 aliphatic rings. The van der Waals surface area contributed by atoms with Crippen LogP contribution in [0.15, 0.2) is 21.6 Å². The van der Waals surface area contributed by atoms with Gasteiger partial charge in [0.15, 0.2) is 0 Å². The van der Waals surface area contributed by atoms with E-state index in [1.807, 2.05) is 0 Å². The Morgan fingerprint density at radius 1 is 1.39 bits per heavy atom. The lowest BCUT2D eigenvalue weighted by Gasteiger charge is -2.25. The van der Waals surface area contributed by atoms with Crippen LogP contribution in [0.4, 0.5) is 0 Å². The summed E-state index contributed by atoms with van der Waals surface area (Å²) in [4.78, 5) is 0. The SMILES string of the molecule is CNS(=O)(=O)c1ccc(CNCCC2CCC2)o1. The van der Waals surface area contributed by atoms with Crippen molar-refractivity contribution in [3.8, 4) is 0 Å². The maximum atomic E-state index is 11.5. The summed E-state index contributed by atoms with van der Waals surface area (Å²) in [6.07, 6.45) is 5.27. The zero-order valence-corrected chi connectivity index (χ0v) is 11.4. The molecule has 1 saturated carbocycles. The Bertz CT molecular complexity index is 477. The fourth-order valence-corrected chi connectivity index (χ4v) is 2.66. The summed E-state index contributed by atoms with van der Waals surface area (Å²) in [5.41, 5.74) is 0. The van der Waals surface area contributed by atoms with Gasteiger partial charge in [0.2, 0.25) is 5.09 Å². The normalized spacial score (nSPS) is 16.7. The van der Waals surface area contributed by atoms with Gasteiger partial charge in [-0.2, -0.15) is 0 Å². The molecule has 2 rings (SSSR count). The molecule has 0 radical (unpaired) electrons. The first kappa shape index (κ1) is 13.6. The van der Waals surface area contributed by atoms with E-state index in [2.05, 4.69) is 10.0 Å². The molecule has 1 aliphatic carbocycles. The maximum absolute atomic E-state index is 11.5. The second kappa shape index (κ2) is 5.86. The molecule has 0 atom stereocenters. The highest BCUT2D eigenvalue weighted by Crippen LogP contribution is 2.28. The zero-order valence-electron chi connectivity index (χ0n) is 10.6. The molecular formula is C12H20N2O3S. The summed E-state index contributed by atoms with van der Waals surface area (Å²) >= 11 is 0. The average molecular weight is 272 g/mol. The summed E-state index contributed by atoms with van der Waals surface area (Å²) in [7, 11) is -2.09. The van der Waals surface area contributed by atoms with E-state index in [4.69, 9.17) is 4.42 Å². The third kappa shape index (κ3) is 3.34. The molecule has 18 heavy (non-hydrogen) atoms. The summed E-state index contributed by atoms with van der Waals surface area (Å²) in [5.74, 6) is 1.53. The van der Waals surface area contributed by atoms with Crippen molar-refractivity contribution in [3.63, 3.8) is 0 Å². The Morgan fingerprint density at radius 3 is 2.78 bits per heavy atom. The summed E-state index contributed by atoms with van der Waals surface area (Å²) < 4.78 is 30.4. The van der Waals surface area contributed by atoms with E-state index < -0.39 is 10.0 Å². The standard InChI is InChI=1S/C12H20N2O3S/c1-13-18(15,16)12-6-5-11(17-12)9-14-8-7-10-3-2-4-10/h5-6,10,13-14H,2-4,7-9H2,1H3. The van der Waals surface area contributed by atoms with Gasteiger partial charge in [0.25, 0.3) is 10.0 Å². The van der Waals surface area contributed by atoms with E-state index in [0.717, 1.165) is 12.5 Å². The van der Waals surface area contributed by atoms with Crippen molar-refractivity contribution < 1.29 is 12.8 Å². The Labute approximate surface area is 108 Å². The molecule has 0 saturated heterocycles. The molecule has 0 spiro atoms. The quantitative estimate of drug-likeness (QED) is 0.737. The monoisotopic (exact) mass is 272 g/mol. The van der Waals surface area contributed by atoms with E-state index in [1.165, 1.54) is 38.8 Å². The highest BCUT2D eigenvalue weighted by molar-refractivity contribution is 7.89. The van der Waals surface area contributed by atoms with Gasteiger partial charge in [-0.05, 0) is 38.1 Å². The summed E-state index contributed by atoms with van der Waals surface area (Å²) in [6.45, 7) is 1.53. The van der Waals surface area contributed by atoms with Crippen LogP contribution in [0.1, 0.15) is 31.4 Å². The average Bonchev–Trinajstić information content (AvgIpc) is 2.76. The lowest BCUT2D eigenvalue weighted by Crippen LogP contribution is -2.21. The van der Waals surface area contributed by atoms with E-state index >= 15 is 0 Å². The van der Waals surface area contributed by atoms with Crippen LogP contribution in [0.2, 0.25) is 0 Å². The van der Waals surface area contributed by atoms with Gasteiger partial charge >= 0.3 is 0 Å². The van der Waals surface area contributed by atoms with E-state index in [9.17, 15) is 8.42 Å². The largest absolute Gasteiger partial charge is 0.447 e. The lowest BCUT2D eigenvalue weighted by atomic mass is 9.83. The summed E-state index contributed by atoms with van der Waals surface area (Å²) in [6, 6.07) is 3.18. The molecule has 1 aromatic heterocycles. The van der Waals surface area contributed by atoms with Crippen LogP contribution >= 0.6 is 0 Å². The van der Waals surface area contributed by atoms with Crippen LogP contribution in [-0.4, -0.2) is 22.0 Å². The smallest absolute Gasteiger partial charge is 0.273 e. The van der Waals surface area contributed by atoms with Crippen LogP contribution < -0.4 is 10.0 Å². The van der Waals surface area contributed by atoms with Gasteiger partial charge in [0, 0.05) is 0 Å². The first-order chi connectivity index (χ1) is 8.62. The first-order valence-corrected chi connectivity index (χ1v) is 7.83. The number of sulfonamides is 1. The van der Waals surface area contributed by atoms with Crippen molar-refractivity contribution in [2.75, 3.05) is 13.6 Å². The predicted molar refractivity (Wildman–Crippen MR) is 68.6 cm³/mol. The Morgan fingerprint density at radius 2 is 2.17 bits per heavy atom. The van der Waals surface area contributed by atoms with Crippen molar-refractivity contribution >= 4 is 10.0 Å². The number of rotatable bonds is 7. The van der Waals surface area contributed by atoms with Gasteiger partial charge < -0.3 is 9.73 Å². The molecule has 0 bridgehead atoms. The van der Waals surface area contributed by atoms with Crippen LogP contribution in [0.25, 0.3) is 0 Å². The van der Waals surface area contributed by atoms with E-state index in [1.54, 1.807) is 6.07 Å². The Hall–Kier alpha value is -0.850. The van der Waals surface area contributed by atoms with Crippen LogP contribution in [0.5, 0.6) is 0 Å². The Balaban J connectivity index is 1.76. The van der Waals surface area contributed by atoms with Gasteiger partial charge in [-0.25, -0.2) is 13.1 Å². The van der Waals surface area contributed by atoms with Crippen LogP contribution in [-0.2, 0) is 16.6 Å². The van der Waals surface area contributed by atoms with Gasteiger partial charge in [0.05, 0.1) is 6.54 Å². The molecule has 0 amide bonds. The number of nitrogens with one attached hydrogen (secondary N) is 2. The van der Waals surface area contributed by atoms with Crippen molar-refractivity contribution in [1.82, 2.24) is 10.0 Å². The predicted octanol–water partition coefficient (Wildman–Crippen LogP) is 1.47. The topological polar surface area (TPSA) is 71.3 Å². The third-order valence-electron chi connectivity index (χ3n) is 3.42. The molecule has 0 aromatic carbocycles. The second-order valence-corrected chi connectivity index (χ2v) is 6.51. The lowest BCUT2D eigenvalue weighted by molar-refractivity contribution is 0.289. The highest BCUT2D eigenvalue weighted by atomic mass is 32.2. The van der Waals surface area contributed by atoms with Crippen LogP contribution in [0, 0.1) is 5.92 Å². The van der Waals surface area contributed by atoms with Gasteiger partial charge in [-0.1, -0.05) is 19.3 Å². The number of hydrogen-bond donors (Lipinski definition) is 2. The van der Waals surface area contributed by atoms with Crippen LogP contribution in [0.3, 0.4) is 0 Å². The van der Waals surface area contributed by atoms with Gasteiger partial charge in [-0.3, -0.25) is 0 Å². The number of furan rings is 1. The maximum Gasteiger partial charge on any atom is 0.273 e. The van der Waals surface area contributed by atoms with Gasteiger partial charge in [0.1, 0.15) is 5.76 Å². The fourth-order valence-electron chi connectivity index (χ4n) is 2.00. The summed E-state index contributed by atoms with van der Waals surface area (Å²) in [5, 5.41) is 3.25. The molecule has 5 nitrogen and oxygen atoms in total. The second-order valence-electron chi connectivity index (χ2n) is 4.69. The molecular weight excluding hydrogens is 252 g/mol. The molecule has 0 aliphatic heterocycles. The van der Waals surface area contributed by atoms with E-state index in [-0.39, 0.29) is 5.09 Å². The highest BCUT2D eigenvalue weighted by Gasteiger charge is 2.17. The molecule has 102 valence electrons. The van der Waals surface area contributed by atoms with E-state index in [0.29, 0.717) is 12.3 Å². The van der Waals surface area contributed by atoms with Crippen molar-refractivity contribution in [1.29, 1.82) is 0 Å².